The van der Waals surface area contributed by atoms with Crippen LogP contribution in [-0.4, -0.2) is 11.0 Å². The Labute approximate surface area is 46.5 Å². The molecule has 7 heavy (non-hydrogen) atoms. The Bertz CT molecular complexity index is 85.9. The van der Waals surface area contributed by atoms with Crippen LogP contribution in [0, 0.1) is 0 Å². The monoisotopic (exact) mass is 120 g/mol. The zero-order valence-electron chi connectivity index (χ0n) is 3.90. The molecule has 0 aromatic carbocycles. The van der Waals surface area contributed by atoms with Crippen molar-refractivity contribution in [2.75, 3.05) is 0 Å². The van der Waals surface area contributed by atoms with Crippen LogP contribution in [0.2, 0.25) is 0 Å². The molecule has 0 bridgehead atoms. The fraction of sp³-hybridized carbons (Fsp3) is 0.500. The SMILES string of the molecule is CC(=O)CC(=O)Cl. The van der Waals surface area contributed by atoms with Gasteiger partial charge in [0, 0.05) is 0 Å². The van der Waals surface area contributed by atoms with Crippen LogP contribution in [0.4, 0.5) is 0 Å². The van der Waals surface area contributed by atoms with E-state index < -0.39 is 5.24 Å². The van der Waals surface area contributed by atoms with Gasteiger partial charge in [-0.3, -0.25) is 9.59 Å². The lowest BCUT2D eigenvalue weighted by atomic mass is 10.3. The first-order chi connectivity index (χ1) is 3.13. The number of ketones is 1. The normalized spacial score (nSPS) is 8.29. The van der Waals surface area contributed by atoms with Crippen molar-refractivity contribution in [3.05, 3.63) is 0 Å². The van der Waals surface area contributed by atoms with Gasteiger partial charge < -0.3 is 0 Å². The highest BCUT2D eigenvalue weighted by atomic mass is 35.5. The Morgan fingerprint density at radius 1 is 1.57 bits per heavy atom. The van der Waals surface area contributed by atoms with Crippen LogP contribution in [0.1, 0.15) is 13.3 Å². The van der Waals surface area contributed by atoms with Gasteiger partial charge in [0.15, 0.2) is 0 Å². The number of carbonyl (C=O) groups excluding carboxylic acids is 2. The van der Waals surface area contributed by atoms with Crippen molar-refractivity contribution in [3.63, 3.8) is 0 Å². The molecule has 0 aliphatic heterocycles. The average Bonchev–Trinajstić information content (AvgIpc) is 1.27. The topological polar surface area (TPSA) is 34.1 Å². The summed E-state index contributed by atoms with van der Waals surface area (Å²) in [5.74, 6) is -0.194. The summed E-state index contributed by atoms with van der Waals surface area (Å²) in [5.41, 5.74) is 0. The van der Waals surface area contributed by atoms with E-state index in [0.717, 1.165) is 0 Å². The highest BCUT2D eigenvalue weighted by molar-refractivity contribution is 6.64. The molecule has 0 fully saturated rings. The molecule has 0 radical (unpaired) electrons. The van der Waals surface area contributed by atoms with Crippen LogP contribution in [-0.2, 0) is 9.59 Å². The smallest absolute Gasteiger partial charge is 0.229 e. The van der Waals surface area contributed by atoms with Gasteiger partial charge in [-0.2, -0.15) is 0 Å². The summed E-state index contributed by atoms with van der Waals surface area (Å²) in [7, 11) is 0. The maximum Gasteiger partial charge on any atom is 0.229 e. The first-order valence-corrected chi connectivity index (χ1v) is 2.18. The second-order valence-electron chi connectivity index (χ2n) is 1.23. The van der Waals surface area contributed by atoms with Crippen molar-refractivity contribution in [1.29, 1.82) is 0 Å². The Balaban J connectivity index is 3.32. The van der Waals surface area contributed by atoms with Crippen molar-refractivity contribution in [3.8, 4) is 0 Å². The molecule has 0 unspecified atom stereocenters. The zero-order valence-corrected chi connectivity index (χ0v) is 4.66. The molecule has 0 spiro atoms. The Morgan fingerprint density at radius 2 is 2.00 bits per heavy atom. The standard InChI is InChI=1S/C4H5ClO2/c1-3(6)2-4(5)7/h2H2,1H3. The van der Waals surface area contributed by atoms with E-state index in [4.69, 9.17) is 11.6 Å². The predicted molar refractivity (Wildman–Crippen MR) is 26.2 cm³/mol. The average molecular weight is 121 g/mol. The lowest BCUT2D eigenvalue weighted by molar-refractivity contribution is -0.122. The first kappa shape index (κ1) is 6.63. The molecule has 3 heteroatoms. The van der Waals surface area contributed by atoms with Crippen LogP contribution < -0.4 is 0 Å². The molecule has 2 nitrogen and oxygen atoms in total. The van der Waals surface area contributed by atoms with Gasteiger partial charge in [0.1, 0.15) is 5.78 Å². The Kier molecular flexibility index (Phi) is 2.60. The van der Waals surface area contributed by atoms with E-state index in [-0.39, 0.29) is 12.2 Å². The summed E-state index contributed by atoms with van der Waals surface area (Å²) in [4.78, 5) is 19.7. The van der Waals surface area contributed by atoms with E-state index in [2.05, 4.69) is 0 Å². The van der Waals surface area contributed by atoms with Crippen molar-refractivity contribution in [2.45, 2.75) is 13.3 Å². The molecule has 0 N–H and O–H groups in total. The molecule has 0 amide bonds. The van der Waals surface area contributed by atoms with Gasteiger partial charge >= 0.3 is 0 Å². The second kappa shape index (κ2) is 2.75. The van der Waals surface area contributed by atoms with E-state index >= 15 is 0 Å². The second-order valence-corrected chi connectivity index (χ2v) is 1.66. The van der Waals surface area contributed by atoms with Gasteiger partial charge in [-0.15, -0.1) is 0 Å². The third-order valence-electron chi connectivity index (χ3n) is 0.388. The van der Waals surface area contributed by atoms with Crippen molar-refractivity contribution in [1.82, 2.24) is 0 Å². The van der Waals surface area contributed by atoms with Crippen LogP contribution in [0.15, 0.2) is 0 Å². The minimum absolute atomic E-state index is 0.151. The summed E-state index contributed by atoms with van der Waals surface area (Å²) in [6, 6.07) is 0. The maximum atomic E-state index is 9.95. The van der Waals surface area contributed by atoms with E-state index in [0.29, 0.717) is 0 Å². The van der Waals surface area contributed by atoms with Crippen LogP contribution in [0.3, 0.4) is 0 Å². The number of carbonyl (C=O) groups is 2. The number of hydrogen-bond acceptors (Lipinski definition) is 2. The number of rotatable bonds is 2. The third-order valence-corrected chi connectivity index (χ3v) is 0.522. The van der Waals surface area contributed by atoms with Crippen molar-refractivity contribution in [2.24, 2.45) is 0 Å². The minimum Gasteiger partial charge on any atom is -0.299 e. The summed E-state index contributed by atoms with van der Waals surface area (Å²) in [6.07, 6.45) is -0.151. The van der Waals surface area contributed by atoms with Gasteiger partial charge in [-0.25, -0.2) is 0 Å². The summed E-state index contributed by atoms with van der Waals surface area (Å²) < 4.78 is 0. The molecular formula is C4H5ClO2. The van der Waals surface area contributed by atoms with Crippen LogP contribution in [0.5, 0.6) is 0 Å². The third kappa shape index (κ3) is 5.63. The largest absolute Gasteiger partial charge is 0.299 e. The summed E-state index contributed by atoms with van der Waals surface area (Å²) in [6.45, 7) is 1.32. The van der Waals surface area contributed by atoms with E-state index in [1.807, 2.05) is 0 Å². The highest BCUT2D eigenvalue weighted by Crippen LogP contribution is 1.87. The molecule has 0 aliphatic rings. The Morgan fingerprint density at radius 3 is 2.00 bits per heavy atom. The molecule has 40 valence electrons. The summed E-state index contributed by atoms with van der Waals surface area (Å²) in [5, 5.41) is -0.590. The number of halogens is 1. The van der Waals surface area contributed by atoms with Gasteiger partial charge in [0.05, 0.1) is 6.42 Å². The molecule has 0 heterocycles. The summed E-state index contributed by atoms with van der Waals surface area (Å²) >= 11 is 4.81. The molecule has 0 aromatic heterocycles. The minimum atomic E-state index is -0.590. The van der Waals surface area contributed by atoms with Gasteiger partial charge in [-0.05, 0) is 18.5 Å². The zero-order chi connectivity index (χ0) is 5.86. The van der Waals surface area contributed by atoms with E-state index in [1.54, 1.807) is 0 Å². The fourth-order valence-electron chi connectivity index (χ4n) is 0.196. The first-order valence-electron chi connectivity index (χ1n) is 1.80. The molecule has 0 atom stereocenters. The molecule has 0 saturated carbocycles. The van der Waals surface area contributed by atoms with Crippen molar-refractivity contribution >= 4 is 22.6 Å². The van der Waals surface area contributed by atoms with Gasteiger partial charge in [0.2, 0.25) is 5.24 Å². The predicted octanol–water partition coefficient (Wildman–Crippen LogP) is 0.731. The highest BCUT2D eigenvalue weighted by Gasteiger charge is 1.97. The van der Waals surface area contributed by atoms with Crippen LogP contribution in [0.25, 0.3) is 0 Å². The number of hydrogen-bond donors (Lipinski definition) is 0. The van der Waals surface area contributed by atoms with Crippen molar-refractivity contribution < 1.29 is 9.59 Å². The molecule has 0 aliphatic carbocycles. The van der Waals surface area contributed by atoms with Gasteiger partial charge in [0.25, 0.3) is 0 Å². The van der Waals surface area contributed by atoms with E-state index in [1.165, 1.54) is 6.92 Å². The lowest BCUT2D eigenvalue weighted by Crippen LogP contribution is -1.94. The Hall–Kier alpha value is -0.370. The van der Waals surface area contributed by atoms with Gasteiger partial charge in [-0.1, -0.05) is 0 Å². The molecule has 0 aromatic rings. The lowest BCUT2D eigenvalue weighted by Gasteiger charge is -1.79. The maximum absolute atomic E-state index is 9.95. The fourth-order valence-corrected chi connectivity index (χ4v) is 0.384. The van der Waals surface area contributed by atoms with Crippen LogP contribution >= 0.6 is 11.6 Å². The number of Topliss-reactive ketones (excluding diaryl/α,β-unsaturated/α-hetero) is 1. The van der Waals surface area contributed by atoms with E-state index in [9.17, 15) is 9.59 Å². The molecule has 0 rings (SSSR count). The molecular weight excluding hydrogens is 115 g/mol. The quantitative estimate of drug-likeness (QED) is 0.398. The molecule has 0 saturated heterocycles.